The Morgan fingerprint density at radius 2 is 2.00 bits per heavy atom. The largest absolute Gasteiger partial charge is 0.370 e. The van der Waals surface area contributed by atoms with E-state index in [1.807, 2.05) is 21.0 Å². The second-order valence-corrected chi connectivity index (χ2v) is 7.48. The van der Waals surface area contributed by atoms with Gasteiger partial charge in [0.1, 0.15) is 12.7 Å². The zero-order valence-electron chi connectivity index (χ0n) is 12.9. The summed E-state index contributed by atoms with van der Waals surface area (Å²) in [6.07, 6.45) is 3.38. The highest BCUT2D eigenvalue weighted by Crippen LogP contribution is 2.35. The summed E-state index contributed by atoms with van der Waals surface area (Å²) in [5, 5.41) is 4.88. The van der Waals surface area contributed by atoms with E-state index in [-0.39, 0.29) is 0 Å². The Bertz CT molecular complexity index is 911. The van der Waals surface area contributed by atoms with Gasteiger partial charge in [0.25, 0.3) is 0 Å². The van der Waals surface area contributed by atoms with Gasteiger partial charge in [0.15, 0.2) is 11.0 Å². The molecule has 5 rings (SSSR count). The van der Waals surface area contributed by atoms with Gasteiger partial charge in [-0.25, -0.2) is 14.6 Å². The van der Waals surface area contributed by atoms with Gasteiger partial charge in [-0.1, -0.05) is 11.6 Å². The van der Waals surface area contributed by atoms with Crippen molar-refractivity contribution in [1.29, 1.82) is 0 Å². The van der Waals surface area contributed by atoms with Gasteiger partial charge in [-0.15, -0.1) is 0 Å². The molecule has 0 N–H and O–H groups in total. The summed E-state index contributed by atoms with van der Waals surface area (Å²) in [7, 11) is 0. The Morgan fingerprint density at radius 3 is 2.88 bits per heavy atom. The molecule has 0 amide bonds. The number of imidazole rings is 1. The van der Waals surface area contributed by atoms with E-state index >= 15 is 0 Å². The molecular formula is C16H15ClN6S. The molecule has 1 fully saturated rings. The van der Waals surface area contributed by atoms with Gasteiger partial charge >= 0.3 is 0 Å². The highest BCUT2D eigenvalue weighted by atomic mass is 35.5. The number of thioether (sulfide) groups is 1. The standard InChI is InChI=1S/C16H15ClN6S/c17-15-14-8-23-16(18-9-20-23)12-7-11(21-3-5-24-6-4-21)1-2-13(12)22(14)10-19-15/h1-2,7,9-10H,3-6,8H2. The zero-order valence-corrected chi connectivity index (χ0v) is 14.5. The lowest BCUT2D eigenvalue weighted by Gasteiger charge is -2.29. The molecule has 8 heteroatoms. The Hall–Kier alpha value is -1.99. The van der Waals surface area contributed by atoms with Crippen molar-refractivity contribution in [2.24, 2.45) is 0 Å². The fourth-order valence-corrected chi connectivity index (χ4v) is 4.46. The first-order chi connectivity index (χ1) is 11.8. The molecule has 0 bridgehead atoms. The maximum absolute atomic E-state index is 6.28. The number of hydrogen-bond donors (Lipinski definition) is 0. The summed E-state index contributed by atoms with van der Waals surface area (Å²) >= 11 is 8.29. The molecule has 122 valence electrons. The predicted molar refractivity (Wildman–Crippen MR) is 96.2 cm³/mol. The van der Waals surface area contributed by atoms with Crippen molar-refractivity contribution in [3.63, 3.8) is 0 Å². The third kappa shape index (κ3) is 2.15. The van der Waals surface area contributed by atoms with Crippen LogP contribution in [0.1, 0.15) is 5.69 Å². The SMILES string of the molecule is Clc1ncn2c1Cn1ncnc1-c1cc(N3CCSCC3)ccc1-2. The lowest BCUT2D eigenvalue weighted by molar-refractivity contribution is 0.677. The zero-order chi connectivity index (χ0) is 16.1. The van der Waals surface area contributed by atoms with Crippen LogP contribution in [0.2, 0.25) is 5.15 Å². The van der Waals surface area contributed by atoms with Crippen LogP contribution in [0.15, 0.2) is 30.9 Å². The molecule has 6 nitrogen and oxygen atoms in total. The predicted octanol–water partition coefficient (Wildman–Crippen LogP) is 2.70. The minimum Gasteiger partial charge on any atom is -0.370 e. The molecule has 4 heterocycles. The number of rotatable bonds is 1. The van der Waals surface area contributed by atoms with E-state index in [1.165, 1.54) is 17.2 Å². The Balaban J connectivity index is 1.71. The van der Waals surface area contributed by atoms with E-state index in [0.29, 0.717) is 11.7 Å². The van der Waals surface area contributed by atoms with Crippen molar-refractivity contribution < 1.29 is 0 Å². The second kappa shape index (κ2) is 5.53. The van der Waals surface area contributed by atoms with E-state index in [0.717, 1.165) is 35.9 Å². The summed E-state index contributed by atoms with van der Waals surface area (Å²) in [4.78, 5) is 11.2. The number of aromatic nitrogens is 5. The summed E-state index contributed by atoms with van der Waals surface area (Å²) in [5.41, 5.74) is 4.28. The molecule has 24 heavy (non-hydrogen) atoms. The highest BCUT2D eigenvalue weighted by molar-refractivity contribution is 7.99. The van der Waals surface area contributed by atoms with Crippen molar-refractivity contribution in [1.82, 2.24) is 24.3 Å². The van der Waals surface area contributed by atoms with E-state index in [4.69, 9.17) is 11.6 Å². The fourth-order valence-electron chi connectivity index (χ4n) is 3.36. The third-order valence-electron chi connectivity index (χ3n) is 4.59. The fraction of sp³-hybridized carbons (Fsp3) is 0.312. The van der Waals surface area contributed by atoms with Crippen molar-refractivity contribution in [3.8, 4) is 17.1 Å². The Morgan fingerprint density at radius 1 is 1.12 bits per heavy atom. The average Bonchev–Trinajstić information content (AvgIpc) is 3.20. The van der Waals surface area contributed by atoms with Crippen LogP contribution in [-0.2, 0) is 6.54 Å². The van der Waals surface area contributed by atoms with Crippen LogP contribution >= 0.6 is 23.4 Å². The van der Waals surface area contributed by atoms with Crippen LogP contribution in [0, 0.1) is 0 Å². The smallest absolute Gasteiger partial charge is 0.160 e. The molecule has 2 aromatic heterocycles. The van der Waals surface area contributed by atoms with Crippen LogP contribution < -0.4 is 4.90 Å². The van der Waals surface area contributed by atoms with Crippen LogP contribution in [0.5, 0.6) is 0 Å². The van der Waals surface area contributed by atoms with Crippen LogP contribution in [0.4, 0.5) is 5.69 Å². The number of benzene rings is 1. The van der Waals surface area contributed by atoms with Gasteiger partial charge in [-0.3, -0.25) is 4.57 Å². The monoisotopic (exact) mass is 358 g/mol. The summed E-state index contributed by atoms with van der Waals surface area (Å²) < 4.78 is 3.94. The number of nitrogens with zero attached hydrogens (tertiary/aromatic N) is 6. The van der Waals surface area contributed by atoms with Crippen LogP contribution in [-0.4, -0.2) is 48.9 Å². The minimum atomic E-state index is 0.515. The average molecular weight is 359 g/mol. The summed E-state index contributed by atoms with van der Waals surface area (Å²) in [5.74, 6) is 3.22. The first-order valence-corrected chi connectivity index (χ1v) is 9.41. The van der Waals surface area contributed by atoms with Gasteiger partial charge in [0.05, 0.1) is 17.9 Å². The summed E-state index contributed by atoms with van der Waals surface area (Å²) in [6, 6.07) is 6.53. The molecule has 1 saturated heterocycles. The number of anilines is 1. The third-order valence-corrected chi connectivity index (χ3v) is 5.85. The molecular weight excluding hydrogens is 344 g/mol. The number of halogens is 1. The first-order valence-electron chi connectivity index (χ1n) is 7.88. The molecule has 0 atom stereocenters. The van der Waals surface area contributed by atoms with Crippen LogP contribution in [0.3, 0.4) is 0 Å². The van der Waals surface area contributed by atoms with E-state index in [2.05, 4.69) is 38.2 Å². The maximum atomic E-state index is 6.28. The molecule has 0 radical (unpaired) electrons. The minimum absolute atomic E-state index is 0.515. The topological polar surface area (TPSA) is 51.8 Å². The highest BCUT2D eigenvalue weighted by Gasteiger charge is 2.24. The molecule has 0 unspecified atom stereocenters. The van der Waals surface area contributed by atoms with Crippen molar-refractivity contribution >= 4 is 29.1 Å². The van der Waals surface area contributed by atoms with Crippen molar-refractivity contribution in [2.75, 3.05) is 29.5 Å². The van der Waals surface area contributed by atoms with E-state index < -0.39 is 0 Å². The Kier molecular flexibility index (Phi) is 3.31. The molecule has 0 saturated carbocycles. The first kappa shape index (κ1) is 14.4. The maximum Gasteiger partial charge on any atom is 0.160 e. The van der Waals surface area contributed by atoms with Gasteiger partial charge in [0, 0.05) is 35.8 Å². The summed E-state index contributed by atoms with van der Waals surface area (Å²) in [6.45, 7) is 2.73. The second-order valence-electron chi connectivity index (χ2n) is 5.89. The van der Waals surface area contributed by atoms with Crippen LogP contribution in [0.25, 0.3) is 17.1 Å². The number of fused-ring (bicyclic) bond motifs is 5. The normalized spacial score (nSPS) is 16.3. The lowest BCUT2D eigenvalue weighted by Crippen LogP contribution is -2.32. The Labute approximate surface area is 148 Å². The lowest BCUT2D eigenvalue weighted by atomic mass is 10.1. The molecule has 3 aromatic rings. The molecule has 1 aromatic carbocycles. The van der Waals surface area contributed by atoms with Crippen molar-refractivity contribution in [2.45, 2.75) is 6.54 Å². The van der Waals surface area contributed by atoms with Gasteiger partial charge in [0.2, 0.25) is 0 Å². The van der Waals surface area contributed by atoms with E-state index in [1.54, 1.807) is 12.7 Å². The molecule has 0 aliphatic carbocycles. The molecule has 0 spiro atoms. The quantitative estimate of drug-likeness (QED) is 0.523. The number of hydrogen-bond acceptors (Lipinski definition) is 5. The van der Waals surface area contributed by atoms with Gasteiger partial charge in [-0.05, 0) is 18.2 Å². The van der Waals surface area contributed by atoms with Gasteiger partial charge in [-0.2, -0.15) is 16.9 Å². The van der Waals surface area contributed by atoms with Crippen molar-refractivity contribution in [3.05, 3.63) is 41.7 Å². The molecule has 2 aliphatic rings. The molecule has 2 aliphatic heterocycles. The van der Waals surface area contributed by atoms with Gasteiger partial charge < -0.3 is 4.90 Å². The van der Waals surface area contributed by atoms with E-state index in [9.17, 15) is 0 Å².